The number of aromatic nitrogens is 5. The van der Waals surface area contributed by atoms with E-state index < -0.39 is 17.2 Å². The summed E-state index contributed by atoms with van der Waals surface area (Å²) in [6.07, 6.45) is 4.71. The zero-order valence-corrected chi connectivity index (χ0v) is 15.2. The number of carbonyl (C=O) groups excluding carboxylic acids is 1. The van der Waals surface area contributed by atoms with Gasteiger partial charge in [-0.1, -0.05) is 18.2 Å². The van der Waals surface area contributed by atoms with Crippen molar-refractivity contribution in [3.63, 3.8) is 0 Å². The number of hydrazone groups is 1. The molecule has 3 heterocycles. The van der Waals surface area contributed by atoms with Crippen LogP contribution in [0.1, 0.15) is 5.56 Å². The van der Waals surface area contributed by atoms with Crippen molar-refractivity contribution in [2.45, 2.75) is 6.54 Å². The number of hydrogen-bond donors (Lipinski definition) is 2. The zero-order valence-electron chi connectivity index (χ0n) is 15.2. The number of benzene rings is 1. The molecule has 0 radical (unpaired) electrons. The number of imidazole rings is 1. The molecule has 0 fully saturated rings. The molecule has 0 atom stereocenters. The van der Waals surface area contributed by atoms with E-state index in [4.69, 9.17) is 0 Å². The number of hydrogen-bond acceptors (Lipinski definition) is 5. The Balaban J connectivity index is 1.55. The topological polar surface area (TPSA) is 119 Å². The molecule has 0 spiro atoms. The summed E-state index contributed by atoms with van der Waals surface area (Å²) in [4.78, 5) is 43.7. The summed E-state index contributed by atoms with van der Waals surface area (Å²) < 4.78 is 3.70. The number of carbonyl (C=O) groups is 1. The fourth-order valence-corrected chi connectivity index (χ4v) is 3.12. The monoisotopic (exact) mass is 379 g/mol. The number of aryl methyl sites for hydroxylation is 1. The largest absolute Gasteiger partial charge is 0.361 e. The second-order valence-electron chi connectivity index (χ2n) is 6.33. The maximum atomic E-state index is 12.2. The average molecular weight is 379 g/mol. The van der Waals surface area contributed by atoms with Crippen molar-refractivity contribution in [2.24, 2.45) is 19.2 Å². The van der Waals surface area contributed by atoms with Gasteiger partial charge < -0.3 is 9.55 Å². The third-order valence-corrected chi connectivity index (χ3v) is 4.54. The number of H-pyrrole nitrogens is 1. The van der Waals surface area contributed by atoms with E-state index in [1.165, 1.54) is 29.6 Å². The Kier molecular flexibility index (Phi) is 4.15. The lowest BCUT2D eigenvalue weighted by molar-refractivity contribution is -0.121. The highest BCUT2D eigenvalue weighted by molar-refractivity contribution is 5.99. The third kappa shape index (κ3) is 2.80. The minimum absolute atomic E-state index is 0.125. The molecule has 10 nitrogen and oxygen atoms in total. The number of amides is 1. The molecule has 28 heavy (non-hydrogen) atoms. The first-order valence-electron chi connectivity index (χ1n) is 8.46. The number of rotatable bonds is 4. The van der Waals surface area contributed by atoms with Gasteiger partial charge >= 0.3 is 5.69 Å². The second-order valence-corrected chi connectivity index (χ2v) is 6.33. The molecule has 0 bridgehead atoms. The van der Waals surface area contributed by atoms with Gasteiger partial charge in [-0.25, -0.2) is 15.2 Å². The Hall–Kier alpha value is -3.95. The van der Waals surface area contributed by atoms with Crippen LogP contribution in [0.25, 0.3) is 22.1 Å². The molecule has 0 aliphatic rings. The summed E-state index contributed by atoms with van der Waals surface area (Å²) in [5.74, 6) is -0.413. The molecule has 10 heteroatoms. The molecule has 1 aromatic carbocycles. The Morgan fingerprint density at radius 3 is 2.86 bits per heavy atom. The first-order chi connectivity index (χ1) is 13.5. The molecule has 0 aliphatic heterocycles. The summed E-state index contributed by atoms with van der Waals surface area (Å²) in [5.41, 5.74) is 3.68. The van der Waals surface area contributed by atoms with Gasteiger partial charge in [-0.05, 0) is 6.07 Å². The van der Waals surface area contributed by atoms with E-state index in [0.29, 0.717) is 0 Å². The van der Waals surface area contributed by atoms with E-state index in [1.54, 1.807) is 12.4 Å². The Bertz CT molecular complexity index is 1350. The molecule has 142 valence electrons. The molecular weight excluding hydrogens is 362 g/mol. The molecule has 4 rings (SSSR count). The van der Waals surface area contributed by atoms with Crippen LogP contribution in [0.3, 0.4) is 0 Å². The van der Waals surface area contributed by atoms with Crippen molar-refractivity contribution in [1.82, 2.24) is 29.1 Å². The van der Waals surface area contributed by atoms with Gasteiger partial charge in [-0.2, -0.15) is 5.10 Å². The number of nitrogens with one attached hydrogen (secondary N) is 2. The lowest BCUT2D eigenvalue weighted by Crippen LogP contribution is -2.37. The van der Waals surface area contributed by atoms with Gasteiger partial charge in [0.15, 0.2) is 5.52 Å². The SMILES string of the molecule is Cn1c(=O)c2ncn(CC(=O)N/N=C\c3c[nH]c4ccccc34)c2n(C)c1=O. The molecule has 0 unspecified atom stereocenters. The van der Waals surface area contributed by atoms with Crippen molar-refractivity contribution < 1.29 is 4.79 Å². The predicted molar refractivity (Wildman–Crippen MR) is 104 cm³/mol. The van der Waals surface area contributed by atoms with Crippen molar-refractivity contribution in [1.29, 1.82) is 0 Å². The molecular formula is C18H17N7O3. The summed E-state index contributed by atoms with van der Waals surface area (Å²) in [6, 6.07) is 7.75. The highest BCUT2D eigenvalue weighted by atomic mass is 16.2. The van der Waals surface area contributed by atoms with Gasteiger partial charge in [-0.15, -0.1) is 0 Å². The van der Waals surface area contributed by atoms with E-state index in [0.717, 1.165) is 21.0 Å². The van der Waals surface area contributed by atoms with E-state index in [1.807, 2.05) is 24.3 Å². The first-order valence-corrected chi connectivity index (χ1v) is 8.46. The van der Waals surface area contributed by atoms with E-state index in [2.05, 4.69) is 20.5 Å². The van der Waals surface area contributed by atoms with Crippen LogP contribution in [0.4, 0.5) is 0 Å². The van der Waals surface area contributed by atoms with E-state index in [9.17, 15) is 14.4 Å². The van der Waals surface area contributed by atoms with Gasteiger partial charge in [0.05, 0.1) is 12.5 Å². The third-order valence-electron chi connectivity index (χ3n) is 4.54. The molecule has 0 saturated carbocycles. The first kappa shape index (κ1) is 17.5. The summed E-state index contributed by atoms with van der Waals surface area (Å²) in [5, 5.41) is 4.98. The second kappa shape index (κ2) is 6.65. The van der Waals surface area contributed by atoms with E-state index >= 15 is 0 Å². The van der Waals surface area contributed by atoms with Gasteiger partial charge in [-0.3, -0.25) is 18.7 Å². The van der Waals surface area contributed by atoms with Crippen LogP contribution in [0.5, 0.6) is 0 Å². The number of fused-ring (bicyclic) bond motifs is 2. The van der Waals surface area contributed by atoms with Crippen LogP contribution in [0.2, 0.25) is 0 Å². The standard InChI is InChI=1S/C18H17N7O3/c1-23-16-15(17(27)24(2)18(23)28)20-10-25(16)9-14(26)22-21-8-11-7-19-13-6-4-3-5-12(11)13/h3-8,10,19H,9H2,1-2H3,(H,22,26)/b21-8-. The highest BCUT2D eigenvalue weighted by Crippen LogP contribution is 2.15. The van der Waals surface area contributed by atoms with Crippen molar-refractivity contribution in [2.75, 3.05) is 0 Å². The Morgan fingerprint density at radius 1 is 1.25 bits per heavy atom. The van der Waals surface area contributed by atoms with Crippen LogP contribution in [-0.4, -0.2) is 35.8 Å². The summed E-state index contributed by atoms with van der Waals surface area (Å²) in [7, 11) is 2.91. The lowest BCUT2D eigenvalue weighted by Gasteiger charge is -2.07. The minimum atomic E-state index is -0.505. The summed E-state index contributed by atoms with van der Waals surface area (Å²) in [6.45, 7) is -0.137. The molecule has 0 saturated heterocycles. The van der Waals surface area contributed by atoms with Gasteiger partial charge in [0.1, 0.15) is 12.2 Å². The lowest BCUT2D eigenvalue weighted by atomic mass is 10.2. The van der Waals surface area contributed by atoms with Gasteiger partial charge in [0, 0.05) is 36.8 Å². The molecule has 2 N–H and O–H groups in total. The maximum Gasteiger partial charge on any atom is 0.332 e. The molecule has 4 aromatic rings. The van der Waals surface area contributed by atoms with Crippen LogP contribution in [0.15, 0.2) is 51.5 Å². The van der Waals surface area contributed by atoms with Crippen LogP contribution < -0.4 is 16.7 Å². The average Bonchev–Trinajstić information content (AvgIpc) is 3.29. The minimum Gasteiger partial charge on any atom is -0.361 e. The Morgan fingerprint density at radius 2 is 2.04 bits per heavy atom. The predicted octanol–water partition coefficient (Wildman–Crippen LogP) is 0.0653. The molecule has 1 amide bonds. The molecule has 0 aliphatic carbocycles. The van der Waals surface area contributed by atoms with Gasteiger partial charge in [0.25, 0.3) is 11.5 Å². The summed E-state index contributed by atoms with van der Waals surface area (Å²) >= 11 is 0. The number of nitrogens with zero attached hydrogens (tertiary/aromatic N) is 5. The normalized spacial score (nSPS) is 11.6. The highest BCUT2D eigenvalue weighted by Gasteiger charge is 2.15. The smallest absolute Gasteiger partial charge is 0.332 e. The van der Waals surface area contributed by atoms with E-state index in [-0.39, 0.29) is 17.7 Å². The van der Waals surface area contributed by atoms with Gasteiger partial charge in [0.2, 0.25) is 0 Å². The molecule has 3 aromatic heterocycles. The Labute approximate surface area is 157 Å². The van der Waals surface area contributed by atoms with Crippen LogP contribution >= 0.6 is 0 Å². The van der Waals surface area contributed by atoms with Crippen LogP contribution in [0, 0.1) is 0 Å². The number of para-hydroxylation sites is 1. The van der Waals surface area contributed by atoms with Crippen LogP contribution in [-0.2, 0) is 25.4 Å². The van der Waals surface area contributed by atoms with Crippen molar-refractivity contribution in [3.05, 3.63) is 63.2 Å². The van der Waals surface area contributed by atoms with Crippen molar-refractivity contribution >= 4 is 34.2 Å². The number of aromatic amines is 1. The zero-order chi connectivity index (χ0) is 19.8. The maximum absolute atomic E-state index is 12.2. The fraction of sp³-hybridized carbons (Fsp3) is 0.167. The fourth-order valence-electron chi connectivity index (χ4n) is 3.12. The quantitative estimate of drug-likeness (QED) is 0.385. The van der Waals surface area contributed by atoms with Crippen molar-refractivity contribution in [3.8, 4) is 0 Å².